The van der Waals surface area contributed by atoms with Gasteiger partial charge in [-0.15, -0.1) is 0 Å². The van der Waals surface area contributed by atoms with Crippen molar-refractivity contribution in [3.63, 3.8) is 0 Å². The number of rotatable bonds is 9. The van der Waals surface area contributed by atoms with E-state index in [4.69, 9.17) is 42.4 Å². The van der Waals surface area contributed by atoms with E-state index in [0.717, 1.165) is 11.3 Å². The average Bonchev–Trinajstić information content (AvgIpc) is 2.85. The highest BCUT2D eigenvalue weighted by Gasteiger charge is 2.13. The van der Waals surface area contributed by atoms with Gasteiger partial charge in [0.1, 0.15) is 29.0 Å². The highest BCUT2D eigenvalue weighted by Crippen LogP contribution is 2.31. The van der Waals surface area contributed by atoms with Gasteiger partial charge in [0.05, 0.1) is 42.8 Å². The summed E-state index contributed by atoms with van der Waals surface area (Å²) in [5, 5.41) is 1.37. The molecule has 8 heteroatoms. The van der Waals surface area contributed by atoms with Gasteiger partial charge in [-0.1, -0.05) is 41.4 Å². The third-order valence-corrected chi connectivity index (χ3v) is 5.87. The van der Waals surface area contributed by atoms with Crippen molar-refractivity contribution in [3.05, 3.63) is 87.1 Å². The molecule has 0 N–H and O–H groups in total. The van der Waals surface area contributed by atoms with Crippen LogP contribution in [0, 0.1) is 0 Å². The van der Waals surface area contributed by atoms with E-state index in [9.17, 15) is 4.79 Å². The van der Waals surface area contributed by atoms with E-state index >= 15 is 0 Å². The number of fused-ring (bicyclic) bond motifs is 1. The summed E-state index contributed by atoms with van der Waals surface area (Å²) in [5.41, 5.74) is 1.35. The maximum Gasteiger partial charge on any atom is 0.261 e. The second kappa shape index (κ2) is 10.7. The number of nitrogens with zero attached hydrogens (tertiary/aromatic N) is 2. The van der Waals surface area contributed by atoms with Crippen molar-refractivity contribution < 1.29 is 14.2 Å². The zero-order valence-electron chi connectivity index (χ0n) is 18.0. The van der Waals surface area contributed by atoms with Crippen molar-refractivity contribution in [2.24, 2.45) is 0 Å². The summed E-state index contributed by atoms with van der Waals surface area (Å²) >= 11 is 12.1. The van der Waals surface area contributed by atoms with Gasteiger partial charge in [-0.25, -0.2) is 4.98 Å². The van der Waals surface area contributed by atoms with Gasteiger partial charge < -0.3 is 14.2 Å². The summed E-state index contributed by atoms with van der Waals surface area (Å²) in [6, 6.07) is 20.0. The van der Waals surface area contributed by atoms with Crippen LogP contribution in [0.15, 0.2) is 71.5 Å². The van der Waals surface area contributed by atoms with Crippen LogP contribution in [0.5, 0.6) is 11.5 Å². The minimum Gasteiger partial charge on any atom is -0.497 e. The smallest absolute Gasteiger partial charge is 0.261 e. The molecule has 3 aromatic carbocycles. The third-order valence-electron chi connectivity index (χ3n) is 5.07. The first-order valence-electron chi connectivity index (χ1n) is 10.4. The van der Waals surface area contributed by atoms with Crippen LogP contribution in [0.3, 0.4) is 0 Å². The number of benzene rings is 3. The Hall–Kier alpha value is -3.06. The molecule has 0 spiro atoms. The molecule has 0 bridgehead atoms. The molecule has 33 heavy (non-hydrogen) atoms. The molecule has 0 saturated heterocycles. The Bertz CT molecular complexity index is 1310. The summed E-state index contributed by atoms with van der Waals surface area (Å²) in [6.45, 7) is 1.29. The van der Waals surface area contributed by atoms with E-state index in [1.54, 1.807) is 35.9 Å². The lowest BCUT2D eigenvalue weighted by Gasteiger charge is -2.14. The normalized spacial score (nSPS) is 11.0. The molecule has 0 fully saturated rings. The molecule has 170 valence electrons. The van der Waals surface area contributed by atoms with Crippen LogP contribution < -0.4 is 15.0 Å². The van der Waals surface area contributed by atoms with Crippen molar-refractivity contribution in [2.75, 3.05) is 26.9 Å². The van der Waals surface area contributed by atoms with Crippen LogP contribution in [0.2, 0.25) is 10.0 Å². The minimum atomic E-state index is -0.114. The van der Waals surface area contributed by atoms with Gasteiger partial charge in [-0.3, -0.25) is 9.36 Å². The first-order chi connectivity index (χ1) is 16.1. The molecule has 1 heterocycles. The molecule has 0 radical (unpaired) electrons. The third kappa shape index (κ3) is 5.30. The van der Waals surface area contributed by atoms with E-state index < -0.39 is 0 Å². The van der Waals surface area contributed by atoms with Crippen molar-refractivity contribution in [1.82, 2.24) is 9.55 Å². The molecular weight excluding hydrogens is 463 g/mol. The molecule has 0 unspecified atom stereocenters. The Morgan fingerprint density at radius 1 is 0.909 bits per heavy atom. The van der Waals surface area contributed by atoms with Crippen molar-refractivity contribution >= 4 is 34.1 Å². The van der Waals surface area contributed by atoms with E-state index in [1.807, 2.05) is 42.5 Å². The molecule has 0 atom stereocenters. The number of para-hydroxylation sites is 1. The molecule has 4 rings (SSSR count). The van der Waals surface area contributed by atoms with Crippen molar-refractivity contribution in [3.8, 4) is 22.9 Å². The van der Waals surface area contributed by atoms with Crippen LogP contribution in [-0.2, 0) is 11.3 Å². The largest absolute Gasteiger partial charge is 0.497 e. The quantitative estimate of drug-likeness (QED) is 0.294. The lowest BCUT2D eigenvalue weighted by Crippen LogP contribution is -2.26. The molecule has 0 saturated carbocycles. The standard InChI is InChI=1S/C25H22Cl2N2O4/c1-31-18-11-9-17(10-12-18)24-28-21-7-3-2-5-19(21)25(30)29(24)13-14-32-15-16-33-22-8-4-6-20(26)23(22)27/h2-12H,13-16H2,1H3. The fourth-order valence-electron chi connectivity index (χ4n) is 3.40. The number of hydrogen-bond donors (Lipinski definition) is 0. The fourth-order valence-corrected chi connectivity index (χ4v) is 3.75. The Morgan fingerprint density at radius 3 is 2.48 bits per heavy atom. The minimum absolute atomic E-state index is 0.114. The average molecular weight is 485 g/mol. The van der Waals surface area contributed by atoms with Gasteiger partial charge in [0.2, 0.25) is 0 Å². The van der Waals surface area contributed by atoms with Gasteiger partial charge in [0.25, 0.3) is 5.56 Å². The lowest BCUT2D eigenvalue weighted by molar-refractivity contribution is 0.0941. The first-order valence-corrected chi connectivity index (χ1v) is 11.1. The Kier molecular flexibility index (Phi) is 7.50. The molecule has 0 aliphatic rings. The van der Waals surface area contributed by atoms with Crippen LogP contribution in [0.4, 0.5) is 0 Å². The number of methoxy groups -OCH3 is 1. The van der Waals surface area contributed by atoms with Crippen LogP contribution >= 0.6 is 23.2 Å². The number of ether oxygens (including phenoxy) is 3. The lowest BCUT2D eigenvalue weighted by atomic mass is 10.1. The van der Waals surface area contributed by atoms with E-state index in [1.165, 1.54) is 0 Å². The molecule has 4 aromatic rings. The van der Waals surface area contributed by atoms with Gasteiger partial charge >= 0.3 is 0 Å². The monoisotopic (exact) mass is 484 g/mol. The summed E-state index contributed by atoms with van der Waals surface area (Å²) < 4.78 is 18.2. The number of hydrogen-bond acceptors (Lipinski definition) is 5. The SMILES string of the molecule is COc1ccc(-c2nc3ccccc3c(=O)n2CCOCCOc2cccc(Cl)c2Cl)cc1. The molecule has 6 nitrogen and oxygen atoms in total. The Labute approximate surface area is 201 Å². The molecule has 0 aliphatic carbocycles. The molecule has 1 aromatic heterocycles. The Morgan fingerprint density at radius 2 is 1.70 bits per heavy atom. The predicted octanol–water partition coefficient (Wildman–Crippen LogP) is 5.47. The van der Waals surface area contributed by atoms with Crippen LogP contribution in [0.1, 0.15) is 0 Å². The maximum absolute atomic E-state index is 13.2. The molecule has 0 aliphatic heterocycles. The second-order valence-corrected chi connectivity index (χ2v) is 7.94. The maximum atomic E-state index is 13.2. The van der Waals surface area contributed by atoms with Gasteiger partial charge in [0, 0.05) is 5.56 Å². The van der Waals surface area contributed by atoms with Crippen LogP contribution in [-0.4, -0.2) is 36.5 Å². The number of aromatic nitrogens is 2. The topological polar surface area (TPSA) is 62.6 Å². The van der Waals surface area contributed by atoms with E-state index in [0.29, 0.717) is 58.9 Å². The summed E-state index contributed by atoms with van der Waals surface area (Å²) in [5.74, 6) is 1.81. The summed E-state index contributed by atoms with van der Waals surface area (Å²) in [7, 11) is 1.61. The number of halogens is 2. The van der Waals surface area contributed by atoms with Gasteiger partial charge in [0.15, 0.2) is 0 Å². The first kappa shape index (κ1) is 23.1. The zero-order chi connectivity index (χ0) is 23.2. The summed E-state index contributed by atoms with van der Waals surface area (Å²) in [6.07, 6.45) is 0. The fraction of sp³-hybridized carbons (Fsp3) is 0.200. The van der Waals surface area contributed by atoms with Gasteiger partial charge in [-0.2, -0.15) is 0 Å². The molecular formula is C25H22Cl2N2O4. The highest BCUT2D eigenvalue weighted by molar-refractivity contribution is 6.42. The van der Waals surface area contributed by atoms with E-state index in [-0.39, 0.29) is 5.56 Å². The zero-order valence-corrected chi connectivity index (χ0v) is 19.5. The van der Waals surface area contributed by atoms with Crippen molar-refractivity contribution in [2.45, 2.75) is 6.54 Å². The van der Waals surface area contributed by atoms with Crippen LogP contribution in [0.25, 0.3) is 22.3 Å². The second-order valence-electron chi connectivity index (χ2n) is 7.15. The molecule has 0 amide bonds. The van der Waals surface area contributed by atoms with Gasteiger partial charge in [-0.05, 0) is 48.5 Å². The van der Waals surface area contributed by atoms with Crippen molar-refractivity contribution in [1.29, 1.82) is 0 Å². The predicted molar refractivity (Wildman–Crippen MR) is 131 cm³/mol. The summed E-state index contributed by atoms with van der Waals surface area (Å²) in [4.78, 5) is 18.0. The highest BCUT2D eigenvalue weighted by atomic mass is 35.5. The van der Waals surface area contributed by atoms with E-state index in [2.05, 4.69) is 0 Å². The Balaban J connectivity index is 1.47.